The summed E-state index contributed by atoms with van der Waals surface area (Å²) in [7, 11) is 1.62. The summed E-state index contributed by atoms with van der Waals surface area (Å²) >= 11 is 1.56. The Morgan fingerprint density at radius 3 is 2.57 bits per heavy atom. The first-order chi connectivity index (χ1) is 13.3. The summed E-state index contributed by atoms with van der Waals surface area (Å²) in [6.45, 7) is 5.78. The molecule has 2 aromatic rings. The van der Waals surface area contributed by atoms with Gasteiger partial charge >= 0.3 is 6.03 Å². The molecule has 0 bridgehead atoms. The van der Waals surface area contributed by atoms with Crippen molar-refractivity contribution in [2.45, 2.75) is 45.7 Å². The molecule has 0 aliphatic rings. The molecule has 0 unspecified atom stereocenters. The Balaban J connectivity index is 1.91. The van der Waals surface area contributed by atoms with Crippen LogP contribution < -0.4 is 10.6 Å². The Kier molecular flexibility index (Phi) is 7.62. The van der Waals surface area contributed by atoms with Gasteiger partial charge < -0.3 is 15.5 Å². The van der Waals surface area contributed by atoms with E-state index in [2.05, 4.69) is 34.4 Å². The second kappa shape index (κ2) is 9.93. The number of Topliss-reactive ketones (excluding diaryl/α,β-unsaturated/α-hetero) is 1. The lowest BCUT2D eigenvalue weighted by Crippen LogP contribution is -2.47. The molecule has 2 aromatic heterocycles. The van der Waals surface area contributed by atoms with Crippen molar-refractivity contribution in [1.29, 1.82) is 0 Å². The van der Waals surface area contributed by atoms with Gasteiger partial charge in [0.25, 0.3) is 0 Å². The van der Waals surface area contributed by atoms with Crippen LogP contribution in [0.15, 0.2) is 29.8 Å². The molecule has 2 heterocycles. The van der Waals surface area contributed by atoms with Crippen molar-refractivity contribution in [1.82, 2.24) is 20.2 Å². The van der Waals surface area contributed by atoms with Crippen LogP contribution in [-0.4, -0.2) is 45.7 Å². The summed E-state index contributed by atoms with van der Waals surface area (Å²) in [6, 6.07) is 3.76. The van der Waals surface area contributed by atoms with Crippen LogP contribution in [-0.2, 0) is 16.1 Å². The van der Waals surface area contributed by atoms with Gasteiger partial charge in [-0.2, -0.15) is 0 Å². The minimum atomic E-state index is -0.916. The third-order valence-corrected chi connectivity index (χ3v) is 5.11. The summed E-state index contributed by atoms with van der Waals surface area (Å²) in [4.78, 5) is 46.4. The van der Waals surface area contributed by atoms with Crippen LogP contribution in [0.3, 0.4) is 0 Å². The predicted molar refractivity (Wildman–Crippen MR) is 108 cm³/mol. The van der Waals surface area contributed by atoms with Gasteiger partial charge in [0.1, 0.15) is 5.82 Å². The molecule has 0 fully saturated rings. The number of urea groups is 1. The number of hydrogen-bond acceptors (Lipinski definition) is 6. The molecule has 2 rings (SSSR count). The van der Waals surface area contributed by atoms with Gasteiger partial charge in [0, 0.05) is 24.5 Å². The van der Waals surface area contributed by atoms with Crippen LogP contribution in [0.25, 0.3) is 0 Å². The molecular formula is C19H25N5O3S. The second-order valence-corrected chi connectivity index (χ2v) is 7.66. The number of hydrogen-bond donors (Lipinski definition) is 2. The van der Waals surface area contributed by atoms with Crippen molar-refractivity contribution >= 4 is 34.9 Å². The quantitative estimate of drug-likeness (QED) is 0.705. The second-order valence-electron chi connectivity index (χ2n) is 6.77. The van der Waals surface area contributed by atoms with Gasteiger partial charge in [-0.3, -0.25) is 9.59 Å². The van der Waals surface area contributed by atoms with E-state index >= 15 is 0 Å². The topological polar surface area (TPSA) is 104 Å². The first-order valence-electron chi connectivity index (χ1n) is 8.93. The number of carbonyl (C=O) groups is 3. The highest BCUT2D eigenvalue weighted by Crippen LogP contribution is 2.19. The zero-order valence-corrected chi connectivity index (χ0v) is 17.2. The number of thiazole rings is 1. The minimum Gasteiger partial charge on any atom is -0.328 e. The van der Waals surface area contributed by atoms with E-state index in [-0.39, 0.29) is 12.2 Å². The highest BCUT2D eigenvalue weighted by Gasteiger charge is 2.23. The Bertz CT molecular complexity index is 822. The number of carbonyl (C=O) groups excluding carboxylic acids is 3. The molecule has 1 atom stereocenters. The maximum Gasteiger partial charge on any atom is 0.318 e. The lowest BCUT2D eigenvalue weighted by molar-refractivity contribution is -0.123. The first-order valence-corrected chi connectivity index (χ1v) is 9.81. The maximum absolute atomic E-state index is 12.4. The van der Waals surface area contributed by atoms with Crippen molar-refractivity contribution in [3.05, 3.63) is 40.5 Å². The zero-order chi connectivity index (χ0) is 20.7. The molecule has 8 nitrogen and oxygen atoms in total. The van der Waals surface area contributed by atoms with Crippen LogP contribution in [0.5, 0.6) is 0 Å². The number of amides is 3. The molecule has 3 amide bonds. The van der Waals surface area contributed by atoms with Crippen molar-refractivity contribution in [2.75, 3.05) is 12.4 Å². The average Bonchev–Trinajstić information content (AvgIpc) is 3.10. The fraction of sp³-hybridized carbons (Fsp3) is 0.421. The number of rotatable bonds is 8. The number of aromatic nitrogens is 2. The molecule has 2 N–H and O–H groups in total. The first kappa shape index (κ1) is 21.5. The van der Waals surface area contributed by atoms with Gasteiger partial charge in [-0.15, -0.1) is 11.3 Å². The van der Waals surface area contributed by atoms with Gasteiger partial charge in [-0.25, -0.2) is 14.8 Å². The van der Waals surface area contributed by atoms with Crippen molar-refractivity contribution < 1.29 is 14.4 Å². The van der Waals surface area contributed by atoms with Gasteiger partial charge in [0.2, 0.25) is 5.91 Å². The molecule has 0 aliphatic carbocycles. The fourth-order valence-corrected chi connectivity index (χ4v) is 3.17. The molecular weight excluding hydrogens is 378 g/mol. The molecule has 0 saturated heterocycles. The lowest BCUT2D eigenvalue weighted by atomic mass is 10.1. The van der Waals surface area contributed by atoms with Crippen molar-refractivity contribution in [3.8, 4) is 0 Å². The number of anilines is 1. The lowest BCUT2D eigenvalue weighted by Gasteiger charge is -2.21. The van der Waals surface area contributed by atoms with Crippen LogP contribution in [0.4, 0.5) is 10.6 Å². The van der Waals surface area contributed by atoms with E-state index in [0.29, 0.717) is 18.3 Å². The number of nitrogens with one attached hydrogen (secondary N) is 2. The number of pyridine rings is 1. The third kappa shape index (κ3) is 6.41. The number of ketones is 1. The van der Waals surface area contributed by atoms with Crippen LogP contribution in [0.1, 0.15) is 43.8 Å². The average molecular weight is 404 g/mol. The SMILES string of the molecule is CC(=O)[C@H](CC(=O)Nc1ccccn1)NC(=O)N(C)Cc1csc(C(C)C)n1. The van der Waals surface area contributed by atoms with E-state index in [1.54, 1.807) is 42.8 Å². The molecule has 0 spiro atoms. The smallest absolute Gasteiger partial charge is 0.318 e. The summed E-state index contributed by atoms with van der Waals surface area (Å²) in [5.41, 5.74) is 0.790. The highest BCUT2D eigenvalue weighted by molar-refractivity contribution is 7.09. The van der Waals surface area contributed by atoms with Crippen LogP contribution in [0, 0.1) is 0 Å². The van der Waals surface area contributed by atoms with Gasteiger partial charge in [0.05, 0.1) is 29.7 Å². The predicted octanol–water partition coefficient (Wildman–Crippen LogP) is 2.79. The Hall–Kier alpha value is -2.81. The summed E-state index contributed by atoms with van der Waals surface area (Å²) in [6.07, 6.45) is 1.39. The third-order valence-electron chi connectivity index (χ3n) is 3.92. The Morgan fingerprint density at radius 2 is 2.00 bits per heavy atom. The zero-order valence-electron chi connectivity index (χ0n) is 16.4. The molecule has 28 heavy (non-hydrogen) atoms. The molecule has 150 valence electrons. The van der Waals surface area contributed by atoms with Gasteiger partial charge in [-0.05, 0) is 19.1 Å². The van der Waals surface area contributed by atoms with E-state index in [1.165, 1.54) is 11.8 Å². The normalized spacial score (nSPS) is 11.8. The van der Waals surface area contributed by atoms with Crippen LogP contribution in [0.2, 0.25) is 0 Å². The molecule has 9 heteroatoms. The maximum atomic E-state index is 12.4. The summed E-state index contributed by atoms with van der Waals surface area (Å²) < 4.78 is 0. The molecule has 0 aromatic carbocycles. The Labute approximate surface area is 168 Å². The van der Waals surface area contributed by atoms with E-state index in [4.69, 9.17) is 0 Å². The van der Waals surface area contributed by atoms with Crippen LogP contribution >= 0.6 is 11.3 Å². The van der Waals surface area contributed by atoms with E-state index in [9.17, 15) is 14.4 Å². The van der Waals surface area contributed by atoms with E-state index < -0.39 is 18.0 Å². The molecule has 0 aliphatic heterocycles. The van der Waals surface area contributed by atoms with Gasteiger partial charge in [0.15, 0.2) is 5.78 Å². The monoisotopic (exact) mass is 403 g/mol. The standard InChI is InChI=1S/C19H25N5O3S/c1-12(2)18-21-14(11-28-18)10-24(4)19(27)22-15(13(3)25)9-17(26)23-16-7-5-6-8-20-16/h5-8,11-12,15H,9-10H2,1-4H3,(H,22,27)(H,20,23,26)/t15-/m0/s1. The Morgan fingerprint density at radius 1 is 1.25 bits per heavy atom. The molecule has 0 radical (unpaired) electrons. The van der Waals surface area contributed by atoms with E-state index in [0.717, 1.165) is 10.7 Å². The number of nitrogens with zero attached hydrogens (tertiary/aromatic N) is 3. The highest BCUT2D eigenvalue weighted by atomic mass is 32.1. The van der Waals surface area contributed by atoms with Crippen molar-refractivity contribution in [3.63, 3.8) is 0 Å². The van der Waals surface area contributed by atoms with Crippen molar-refractivity contribution in [2.24, 2.45) is 0 Å². The fourth-order valence-electron chi connectivity index (χ4n) is 2.35. The minimum absolute atomic E-state index is 0.167. The summed E-state index contributed by atoms with van der Waals surface area (Å²) in [5.74, 6) is 0.0249. The largest absolute Gasteiger partial charge is 0.328 e. The molecule has 0 saturated carbocycles. The van der Waals surface area contributed by atoms with E-state index in [1.807, 2.05) is 5.38 Å². The van der Waals surface area contributed by atoms with Gasteiger partial charge in [-0.1, -0.05) is 19.9 Å². The summed E-state index contributed by atoms with van der Waals surface area (Å²) in [5, 5.41) is 8.15.